The Morgan fingerprint density at radius 3 is 2.40 bits per heavy atom. The number of carboxylic acids is 1. The summed E-state index contributed by atoms with van der Waals surface area (Å²) in [5.74, 6) is -1.09. The van der Waals surface area contributed by atoms with E-state index in [9.17, 15) is 9.59 Å². The van der Waals surface area contributed by atoms with Crippen LogP contribution < -0.4 is 0 Å². The van der Waals surface area contributed by atoms with Crippen molar-refractivity contribution < 1.29 is 19.8 Å². The summed E-state index contributed by atoms with van der Waals surface area (Å²) in [6, 6.07) is 0.169. The Labute approximate surface area is 120 Å². The number of amides is 1. The molecule has 1 aliphatic rings. The molecule has 1 fully saturated rings. The van der Waals surface area contributed by atoms with Crippen LogP contribution in [0.25, 0.3) is 0 Å². The molecule has 1 atom stereocenters. The summed E-state index contributed by atoms with van der Waals surface area (Å²) in [6.07, 6.45) is 2.07. The lowest BCUT2D eigenvalue weighted by Crippen LogP contribution is -2.48. The van der Waals surface area contributed by atoms with Gasteiger partial charge in [-0.25, -0.2) is 0 Å². The zero-order valence-corrected chi connectivity index (χ0v) is 12.4. The van der Waals surface area contributed by atoms with Gasteiger partial charge in [-0.3, -0.25) is 9.59 Å². The first-order valence-corrected chi connectivity index (χ1v) is 7.24. The van der Waals surface area contributed by atoms with Gasteiger partial charge in [0.25, 0.3) is 0 Å². The minimum Gasteiger partial charge on any atom is -0.481 e. The molecule has 1 unspecified atom stereocenters. The van der Waals surface area contributed by atoms with Gasteiger partial charge in [0.15, 0.2) is 0 Å². The fraction of sp³-hybridized carbons (Fsp3) is 0.857. The first-order valence-electron chi connectivity index (χ1n) is 7.24. The van der Waals surface area contributed by atoms with E-state index in [1.807, 2.05) is 0 Å². The van der Waals surface area contributed by atoms with Crippen LogP contribution in [0.1, 0.15) is 32.6 Å². The van der Waals surface area contributed by atoms with Crippen LogP contribution >= 0.6 is 0 Å². The number of hydrogen-bond donors (Lipinski definition) is 2. The number of carbonyl (C=O) groups is 2. The lowest BCUT2D eigenvalue weighted by atomic mass is 9.99. The van der Waals surface area contributed by atoms with Crippen LogP contribution in [-0.2, 0) is 9.59 Å². The van der Waals surface area contributed by atoms with Gasteiger partial charge in [0.2, 0.25) is 5.91 Å². The van der Waals surface area contributed by atoms with Crippen molar-refractivity contribution in [2.45, 2.75) is 38.6 Å². The van der Waals surface area contributed by atoms with Gasteiger partial charge in [-0.15, -0.1) is 0 Å². The summed E-state index contributed by atoms with van der Waals surface area (Å²) < 4.78 is 0. The molecule has 6 heteroatoms. The Kier molecular flexibility index (Phi) is 6.95. The topological polar surface area (TPSA) is 81.1 Å². The van der Waals surface area contributed by atoms with E-state index in [1.165, 1.54) is 0 Å². The predicted molar refractivity (Wildman–Crippen MR) is 75.4 cm³/mol. The molecule has 0 aliphatic carbocycles. The lowest BCUT2D eigenvalue weighted by molar-refractivity contribution is -0.139. The van der Waals surface area contributed by atoms with E-state index >= 15 is 0 Å². The van der Waals surface area contributed by atoms with Crippen LogP contribution in [0.5, 0.6) is 0 Å². The van der Waals surface area contributed by atoms with Crippen LogP contribution in [0.4, 0.5) is 0 Å². The fourth-order valence-electron chi connectivity index (χ4n) is 2.71. The van der Waals surface area contributed by atoms with E-state index in [4.69, 9.17) is 10.2 Å². The molecule has 1 rings (SSSR count). The van der Waals surface area contributed by atoms with Gasteiger partial charge in [-0.2, -0.15) is 0 Å². The molecule has 0 radical (unpaired) electrons. The molecule has 1 amide bonds. The van der Waals surface area contributed by atoms with Crippen LogP contribution in [0.2, 0.25) is 0 Å². The Morgan fingerprint density at radius 1 is 1.30 bits per heavy atom. The highest BCUT2D eigenvalue weighted by Gasteiger charge is 2.27. The third-order valence-corrected chi connectivity index (χ3v) is 3.84. The fourth-order valence-corrected chi connectivity index (χ4v) is 2.71. The molecule has 1 saturated heterocycles. The molecule has 116 valence electrons. The summed E-state index contributed by atoms with van der Waals surface area (Å²) in [7, 11) is 2.06. The molecular weight excluding hydrogens is 260 g/mol. The third-order valence-electron chi connectivity index (χ3n) is 3.84. The summed E-state index contributed by atoms with van der Waals surface area (Å²) in [5.41, 5.74) is 0. The quantitative estimate of drug-likeness (QED) is 0.708. The van der Waals surface area contributed by atoms with E-state index in [0.29, 0.717) is 6.54 Å². The maximum atomic E-state index is 12.3. The van der Waals surface area contributed by atoms with Crippen LogP contribution in [0.3, 0.4) is 0 Å². The van der Waals surface area contributed by atoms with Crippen molar-refractivity contribution >= 4 is 11.9 Å². The Morgan fingerprint density at radius 2 is 1.90 bits per heavy atom. The number of carboxylic acid groups (broad SMARTS) is 1. The van der Waals surface area contributed by atoms with E-state index < -0.39 is 5.97 Å². The average Bonchev–Trinajstić information content (AvgIpc) is 2.36. The maximum absolute atomic E-state index is 12.3. The van der Waals surface area contributed by atoms with Crippen LogP contribution in [0, 0.1) is 5.92 Å². The number of piperidine rings is 1. The summed E-state index contributed by atoms with van der Waals surface area (Å²) in [4.78, 5) is 26.9. The van der Waals surface area contributed by atoms with E-state index in [0.717, 1.165) is 25.9 Å². The average molecular weight is 286 g/mol. The van der Waals surface area contributed by atoms with Crippen molar-refractivity contribution in [1.29, 1.82) is 0 Å². The SMILES string of the molecule is CC(CC(=O)O)CC(=O)N(CCO)C1CCN(C)CC1. The molecule has 1 heterocycles. The number of rotatable bonds is 7. The predicted octanol–water partition coefficient (Wildman–Crippen LogP) is 0.402. The largest absolute Gasteiger partial charge is 0.481 e. The number of carbonyl (C=O) groups excluding carboxylic acids is 1. The Balaban J connectivity index is 2.55. The van der Waals surface area contributed by atoms with Gasteiger partial charge < -0.3 is 20.0 Å². The molecule has 0 spiro atoms. The zero-order valence-electron chi connectivity index (χ0n) is 12.4. The molecular formula is C14H26N2O4. The second-order valence-electron chi connectivity index (χ2n) is 5.75. The molecule has 0 aromatic carbocycles. The normalized spacial score (nSPS) is 18.8. The molecule has 0 aromatic heterocycles. The van der Waals surface area contributed by atoms with Gasteiger partial charge in [-0.05, 0) is 38.9 Å². The number of hydrogen-bond acceptors (Lipinski definition) is 4. The summed E-state index contributed by atoms with van der Waals surface area (Å²) in [5, 5.41) is 17.9. The van der Waals surface area contributed by atoms with Gasteiger partial charge >= 0.3 is 5.97 Å². The van der Waals surface area contributed by atoms with Crippen molar-refractivity contribution in [2.75, 3.05) is 33.3 Å². The third kappa shape index (κ3) is 5.46. The Hall–Kier alpha value is -1.14. The highest BCUT2D eigenvalue weighted by molar-refractivity contribution is 5.77. The maximum Gasteiger partial charge on any atom is 0.303 e. The van der Waals surface area contributed by atoms with Crippen molar-refractivity contribution in [3.8, 4) is 0 Å². The zero-order chi connectivity index (χ0) is 15.1. The summed E-state index contributed by atoms with van der Waals surface area (Å²) >= 11 is 0. The van der Waals surface area contributed by atoms with Crippen molar-refractivity contribution in [1.82, 2.24) is 9.80 Å². The lowest BCUT2D eigenvalue weighted by Gasteiger charge is -2.37. The number of aliphatic hydroxyl groups is 1. The molecule has 6 nitrogen and oxygen atoms in total. The minimum atomic E-state index is -0.877. The highest BCUT2D eigenvalue weighted by Crippen LogP contribution is 2.18. The van der Waals surface area contributed by atoms with Gasteiger partial charge in [0.1, 0.15) is 0 Å². The van der Waals surface area contributed by atoms with E-state index in [1.54, 1.807) is 11.8 Å². The van der Waals surface area contributed by atoms with Crippen molar-refractivity contribution in [3.05, 3.63) is 0 Å². The standard InChI is InChI=1S/C14H26N2O4/c1-11(10-14(19)20)9-13(18)16(7-8-17)12-3-5-15(2)6-4-12/h11-12,17H,3-10H2,1-2H3,(H,19,20). The molecule has 2 N–H and O–H groups in total. The molecule has 0 aromatic rings. The molecule has 0 bridgehead atoms. The highest BCUT2D eigenvalue weighted by atomic mass is 16.4. The van der Waals surface area contributed by atoms with Crippen molar-refractivity contribution in [3.63, 3.8) is 0 Å². The second-order valence-corrected chi connectivity index (χ2v) is 5.75. The number of nitrogens with zero attached hydrogens (tertiary/aromatic N) is 2. The molecule has 0 saturated carbocycles. The minimum absolute atomic E-state index is 0.00606. The van der Waals surface area contributed by atoms with Gasteiger partial charge in [-0.1, -0.05) is 6.92 Å². The van der Waals surface area contributed by atoms with Crippen molar-refractivity contribution in [2.24, 2.45) is 5.92 Å². The second kappa shape index (κ2) is 8.21. The first kappa shape index (κ1) is 16.9. The van der Waals surface area contributed by atoms with E-state index in [2.05, 4.69) is 11.9 Å². The van der Waals surface area contributed by atoms with Crippen LogP contribution in [-0.4, -0.2) is 71.2 Å². The van der Waals surface area contributed by atoms with Gasteiger partial charge in [0, 0.05) is 25.4 Å². The monoisotopic (exact) mass is 286 g/mol. The van der Waals surface area contributed by atoms with Gasteiger partial charge in [0.05, 0.1) is 6.61 Å². The van der Waals surface area contributed by atoms with E-state index in [-0.39, 0.29) is 37.3 Å². The number of aliphatic hydroxyl groups excluding tert-OH is 1. The molecule has 20 heavy (non-hydrogen) atoms. The van der Waals surface area contributed by atoms with Crippen LogP contribution in [0.15, 0.2) is 0 Å². The Bertz CT molecular complexity index is 327. The number of aliphatic carboxylic acids is 1. The number of likely N-dealkylation sites (tertiary alicyclic amines) is 1. The first-order chi connectivity index (χ1) is 9.43. The smallest absolute Gasteiger partial charge is 0.303 e. The summed E-state index contributed by atoms with van der Waals surface area (Å²) in [6.45, 7) is 3.96. The molecule has 1 aliphatic heterocycles.